The number of hydrogen-bond acceptors (Lipinski definition) is 5. The Labute approximate surface area is 141 Å². The number of ether oxygens (including phenoxy) is 1. The van der Waals surface area contributed by atoms with Gasteiger partial charge in [-0.1, -0.05) is 17.3 Å². The molecule has 1 amide bonds. The fourth-order valence-electron chi connectivity index (χ4n) is 2.14. The summed E-state index contributed by atoms with van der Waals surface area (Å²) in [5.74, 6) is 0.287. The molecule has 3 rings (SSSR count). The van der Waals surface area contributed by atoms with Crippen molar-refractivity contribution < 1.29 is 22.8 Å². The van der Waals surface area contributed by atoms with E-state index in [-0.39, 0.29) is 11.4 Å². The standard InChI is InChI=1S/C17H13F2N3O3/c1-10-20-16(25-22-10)12-8-6-11(7-9-12)15(23)21-13-4-2-3-5-14(13)24-17(18)19/h2-9,17H,1H3,(H,21,23). The van der Waals surface area contributed by atoms with Gasteiger partial charge in [-0.15, -0.1) is 0 Å². The zero-order valence-electron chi connectivity index (χ0n) is 13.1. The smallest absolute Gasteiger partial charge is 0.387 e. The maximum Gasteiger partial charge on any atom is 0.387 e. The van der Waals surface area contributed by atoms with E-state index in [2.05, 4.69) is 20.2 Å². The summed E-state index contributed by atoms with van der Waals surface area (Å²) >= 11 is 0. The van der Waals surface area contributed by atoms with Gasteiger partial charge in [-0.3, -0.25) is 4.79 Å². The van der Waals surface area contributed by atoms with E-state index in [1.807, 2.05) is 0 Å². The highest BCUT2D eigenvalue weighted by Gasteiger charge is 2.13. The molecule has 0 unspecified atom stereocenters. The number of halogens is 2. The Morgan fingerprint density at radius 2 is 1.88 bits per heavy atom. The monoisotopic (exact) mass is 345 g/mol. The van der Waals surface area contributed by atoms with Crippen LogP contribution in [0.3, 0.4) is 0 Å². The van der Waals surface area contributed by atoms with Gasteiger partial charge in [0.05, 0.1) is 5.69 Å². The van der Waals surface area contributed by atoms with Crippen molar-refractivity contribution in [3.05, 3.63) is 59.9 Å². The number of aromatic nitrogens is 2. The molecule has 6 nitrogen and oxygen atoms in total. The quantitative estimate of drug-likeness (QED) is 0.759. The lowest BCUT2D eigenvalue weighted by Gasteiger charge is -2.11. The van der Waals surface area contributed by atoms with Crippen LogP contribution in [0.5, 0.6) is 5.75 Å². The van der Waals surface area contributed by atoms with Gasteiger partial charge in [0.15, 0.2) is 5.82 Å². The summed E-state index contributed by atoms with van der Waals surface area (Å²) in [4.78, 5) is 16.4. The molecule has 0 saturated heterocycles. The first-order chi connectivity index (χ1) is 12.0. The van der Waals surface area contributed by atoms with Gasteiger partial charge in [-0.05, 0) is 43.3 Å². The second-order valence-electron chi connectivity index (χ2n) is 5.05. The summed E-state index contributed by atoms with van der Waals surface area (Å²) in [6.07, 6.45) is 0. The number of para-hydroxylation sites is 2. The number of benzene rings is 2. The Hall–Kier alpha value is -3.29. The van der Waals surface area contributed by atoms with Gasteiger partial charge in [-0.2, -0.15) is 13.8 Å². The Balaban J connectivity index is 1.76. The summed E-state index contributed by atoms with van der Waals surface area (Å²) in [5, 5.41) is 6.25. The Morgan fingerprint density at radius 1 is 1.16 bits per heavy atom. The second-order valence-corrected chi connectivity index (χ2v) is 5.05. The molecule has 128 valence electrons. The van der Waals surface area contributed by atoms with E-state index >= 15 is 0 Å². The van der Waals surface area contributed by atoms with Crippen LogP contribution in [0, 0.1) is 6.92 Å². The van der Waals surface area contributed by atoms with Crippen molar-refractivity contribution in [2.75, 3.05) is 5.32 Å². The van der Waals surface area contributed by atoms with Crippen LogP contribution in [0.2, 0.25) is 0 Å². The number of alkyl halides is 2. The summed E-state index contributed by atoms with van der Waals surface area (Å²) < 4.78 is 34.3. The lowest BCUT2D eigenvalue weighted by molar-refractivity contribution is -0.0493. The first kappa shape index (κ1) is 16.6. The topological polar surface area (TPSA) is 77.2 Å². The van der Waals surface area contributed by atoms with Crippen molar-refractivity contribution in [3.63, 3.8) is 0 Å². The molecular formula is C17H13F2N3O3. The Morgan fingerprint density at radius 3 is 2.52 bits per heavy atom. The molecule has 1 aromatic heterocycles. The molecule has 1 N–H and O–H groups in total. The zero-order valence-corrected chi connectivity index (χ0v) is 13.1. The third-order valence-electron chi connectivity index (χ3n) is 3.27. The third-order valence-corrected chi connectivity index (χ3v) is 3.27. The Kier molecular flexibility index (Phi) is 4.69. The van der Waals surface area contributed by atoms with Gasteiger partial charge in [0.1, 0.15) is 5.75 Å². The summed E-state index contributed by atoms with van der Waals surface area (Å²) in [6.45, 7) is -1.27. The molecule has 8 heteroatoms. The molecule has 0 spiro atoms. The van der Waals surface area contributed by atoms with Crippen molar-refractivity contribution in [1.82, 2.24) is 10.1 Å². The van der Waals surface area contributed by atoms with Gasteiger partial charge in [-0.25, -0.2) is 0 Å². The molecule has 0 aliphatic carbocycles. The third kappa shape index (κ3) is 3.97. The molecule has 0 aliphatic rings. The minimum atomic E-state index is -2.98. The van der Waals surface area contributed by atoms with Crippen molar-refractivity contribution >= 4 is 11.6 Å². The van der Waals surface area contributed by atoms with Crippen molar-refractivity contribution in [3.8, 4) is 17.2 Å². The molecule has 0 saturated carbocycles. The van der Waals surface area contributed by atoms with Crippen LogP contribution in [0.1, 0.15) is 16.2 Å². The highest BCUT2D eigenvalue weighted by atomic mass is 19.3. The van der Waals surface area contributed by atoms with Crippen LogP contribution in [-0.2, 0) is 0 Å². The average molecular weight is 345 g/mol. The van der Waals surface area contributed by atoms with Crippen molar-refractivity contribution in [1.29, 1.82) is 0 Å². The SMILES string of the molecule is Cc1noc(-c2ccc(C(=O)Nc3ccccc3OC(F)F)cc2)n1. The molecule has 3 aromatic rings. The Bertz CT molecular complexity index is 879. The fourth-order valence-corrected chi connectivity index (χ4v) is 2.14. The van der Waals surface area contributed by atoms with E-state index in [1.165, 1.54) is 18.2 Å². The van der Waals surface area contributed by atoms with E-state index in [9.17, 15) is 13.6 Å². The highest BCUT2D eigenvalue weighted by molar-refractivity contribution is 6.05. The number of anilines is 1. The number of nitrogens with one attached hydrogen (secondary N) is 1. The van der Waals surface area contributed by atoms with Crippen molar-refractivity contribution in [2.45, 2.75) is 13.5 Å². The largest absolute Gasteiger partial charge is 0.433 e. The second kappa shape index (κ2) is 7.08. The predicted molar refractivity (Wildman–Crippen MR) is 85.5 cm³/mol. The van der Waals surface area contributed by atoms with Crippen LogP contribution in [0.15, 0.2) is 53.1 Å². The van der Waals surface area contributed by atoms with Gasteiger partial charge < -0.3 is 14.6 Å². The predicted octanol–water partition coefficient (Wildman–Crippen LogP) is 3.90. The fraction of sp³-hybridized carbons (Fsp3) is 0.118. The maximum atomic E-state index is 12.4. The molecule has 0 radical (unpaired) electrons. The van der Waals surface area contributed by atoms with Crippen molar-refractivity contribution in [2.24, 2.45) is 0 Å². The van der Waals surface area contributed by atoms with Gasteiger partial charge in [0, 0.05) is 11.1 Å². The lowest BCUT2D eigenvalue weighted by Crippen LogP contribution is -2.13. The molecule has 0 bridgehead atoms. The molecular weight excluding hydrogens is 332 g/mol. The number of carbonyl (C=O) groups is 1. The normalized spacial score (nSPS) is 10.7. The van der Waals surface area contributed by atoms with Crippen LogP contribution < -0.4 is 10.1 Å². The van der Waals surface area contributed by atoms with E-state index in [1.54, 1.807) is 37.3 Å². The van der Waals surface area contributed by atoms with Crippen LogP contribution in [0.25, 0.3) is 11.5 Å². The minimum absolute atomic E-state index is 0.108. The summed E-state index contributed by atoms with van der Waals surface area (Å²) in [5.41, 5.74) is 1.16. The number of aryl methyl sites for hydroxylation is 1. The van der Waals surface area contributed by atoms with E-state index in [0.29, 0.717) is 22.8 Å². The molecule has 0 fully saturated rings. The van der Waals surface area contributed by atoms with Crippen LogP contribution >= 0.6 is 0 Å². The zero-order chi connectivity index (χ0) is 17.8. The highest BCUT2D eigenvalue weighted by Crippen LogP contribution is 2.26. The number of hydrogen-bond donors (Lipinski definition) is 1. The van der Waals surface area contributed by atoms with E-state index in [4.69, 9.17) is 4.52 Å². The number of rotatable bonds is 5. The molecule has 25 heavy (non-hydrogen) atoms. The molecule has 1 heterocycles. The first-order valence-electron chi connectivity index (χ1n) is 7.29. The van der Waals surface area contributed by atoms with Gasteiger partial charge >= 0.3 is 6.61 Å². The van der Waals surface area contributed by atoms with Crippen LogP contribution in [0.4, 0.5) is 14.5 Å². The summed E-state index contributed by atoms with van der Waals surface area (Å²) in [7, 11) is 0. The average Bonchev–Trinajstić information content (AvgIpc) is 3.03. The van der Waals surface area contributed by atoms with Crippen LogP contribution in [-0.4, -0.2) is 22.7 Å². The minimum Gasteiger partial charge on any atom is -0.433 e. The molecule has 0 aliphatic heterocycles. The lowest BCUT2D eigenvalue weighted by atomic mass is 10.1. The van der Waals surface area contributed by atoms with E-state index in [0.717, 1.165) is 0 Å². The van der Waals surface area contributed by atoms with Gasteiger partial charge in [0.25, 0.3) is 11.8 Å². The number of nitrogens with zero attached hydrogens (tertiary/aromatic N) is 2. The maximum absolute atomic E-state index is 12.4. The number of carbonyl (C=O) groups excluding carboxylic acids is 1. The number of amides is 1. The van der Waals surface area contributed by atoms with E-state index < -0.39 is 12.5 Å². The summed E-state index contributed by atoms with van der Waals surface area (Å²) in [6, 6.07) is 12.4. The first-order valence-corrected chi connectivity index (χ1v) is 7.29. The molecule has 0 atom stereocenters. The van der Waals surface area contributed by atoms with Gasteiger partial charge in [0.2, 0.25) is 0 Å². The molecule has 2 aromatic carbocycles.